The van der Waals surface area contributed by atoms with Crippen LogP contribution in [0.25, 0.3) is 0 Å². The normalized spacial score (nSPS) is 13.5. The lowest BCUT2D eigenvalue weighted by molar-refractivity contribution is -0.154. The van der Waals surface area contributed by atoms with Crippen molar-refractivity contribution in [2.45, 2.75) is 148 Å². The van der Waals surface area contributed by atoms with Crippen LogP contribution in [-0.4, -0.2) is 37.0 Å². The number of aliphatic hydroxyl groups excluding tert-OH is 1. The molecule has 0 radical (unpaired) electrons. The van der Waals surface area contributed by atoms with E-state index < -0.39 is 6.10 Å². The van der Waals surface area contributed by atoms with Gasteiger partial charge < -0.3 is 14.6 Å². The van der Waals surface area contributed by atoms with Gasteiger partial charge in [-0.2, -0.15) is 0 Å². The van der Waals surface area contributed by atoms with Crippen LogP contribution in [0.1, 0.15) is 142 Å². The van der Waals surface area contributed by atoms with Gasteiger partial charge in [-0.05, 0) is 89.9 Å². The molecule has 0 saturated heterocycles. The van der Waals surface area contributed by atoms with Crippen LogP contribution in [0, 0.1) is 0 Å². The number of allylic oxidation sites excluding steroid dienone is 16. The monoisotopic (exact) mass is 651 g/mol. The quantitative estimate of drug-likeness (QED) is 0.0436. The number of ether oxygens (including phenoxy) is 2. The van der Waals surface area contributed by atoms with Crippen LogP contribution in [0.2, 0.25) is 0 Å². The molecule has 1 atom stereocenters. The van der Waals surface area contributed by atoms with E-state index in [0.717, 1.165) is 103 Å². The van der Waals surface area contributed by atoms with Gasteiger partial charge in [-0.25, -0.2) is 0 Å². The smallest absolute Gasteiger partial charge is 0.306 e. The summed E-state index contributed by atoms with van der Waals surface area (Å²) in [6, 6.07) is 0. The van der Waals surface area contributed by atoms with Crippen molar-refractivity contribution < 1.29 is 19.4 Å². The van der Waals surface area contributed by atoms with Crippen molar-refractivity contribution in [1.82, 2.24) is 0 Å². The summed E-state index contributed by atoms with van der Waals surface area (Å²) in [7, 11) is 0. The molecule has 47 heavy (non-hydrogen) atoms. The SMILES string of the molecule is CC/C=C\C/C=C\C/C=C\C/C=C\CCCCCCCCC(=O)OC(CO)COCCCCC/C=C\C/C=C\C/C=C\C/C=C\CC. The second kappa shape index (κ2) is 39.5. The third kappa shape index (κ3) is 37.6. The van der Waals surface area contributed by atoms with Crippen LogP contribution in [0.4, 0.5) is 0 Å². The maximum absolute atomic E-state index is 12.2. The van der Waals surface area contributed by atoms with Gasteiger partial charge in [0.05, 0.1) is 13.2 Å². The molecule has 0 aromatic rings. The van der Waals surface area contributed by atoms with Crippen LogP contribution in [0.3, 0.4) is 0 Å². The zero-order valence-electron chi connectivity index (χ0n) is 30.3. The van der Waals surface area contributed by atoms with Crippen molar-refractivity contribution in [3.63, 3.8) is 0 Å². The van der Waals surface area contributed by atoms with Gasteiger partial charge in [0.1, 0.15) is 6.10 Å². The molecule has 0 amide bonds. The Bertz CT molecular complexity index is 903. The van der Waals surface area contributed by atoms with Crippen LogP contribution >= 0.6 is 0 Å². The Morgan fingerprint density at radius 2 is 0.894 bits per heavy atom. The molecule has 0 rings (SSSR count). The van der Waals surface area contributed by atoms with E-state index in [2.05, 4.69) is 111 Å². The van der Waals surface area contributed by atoms with Crippen molar-refractivity contribution in [2.24, 2.45) is 0 Å². The molecule has 266 valence electrons. The highest BCUT2D eigenvalue weighted by Crippen LogP contribution is 2.11. The van der Waals surface area contributed by atoms with E-state index in [-0.39, 0.29) is 19.2 Å². The third-order valence-corrected chi connectivity index (χ3v) is 7.40. The van der Waals surface area contributed by atoms with E-state index in [1.165, 1.54) is 19.3 Å². The molecule has 0 bridgehead atoms. The Labute approximate surface area is 290 Å². The van der Waals surface area contributed by atoms with E-state index in [0.29, 0.717) is 13.0 Å². The van der Waals surface area contributed by atoms with Crippen molar-refractivity contribution in [2.75, 3.05) is 19.8 Å². The molecular weight excluding hydrogens is 580 g/mol. The van der Waals surface area contributed by atoms with Gasteiger partial charge in [-0.3, -0.25) is 4.79 Å². The maximum Gasteiger partial charge on any atom is 0.306 e. The highest BCUT2D eigenvalue weighted by molar-refractivity contribution is 5.69. The lowest BCUT2D eigenvalue weighted by Gasteiger charge is -2.15. The van der Waals surface area contributed by atoms with E-state index in [9.17, 15) is 9.90 Å². The fraction of sp³-hybridized carbons (Fsp3) is 0.605. The Hall–Kier alpha value is -2.69. The lowest BCUT2D eigenvalue weighted by atomic mass is 10.1. The van der Waals surface area contributed by atoms with E-state index in [4.69, 9.17) is 9.47 Å². The Morgan fingerprint density at radius 1 is 0.511 bits per heavy atom. The number of esters is 1. The molecule has 1 N–H and O–H groups in total. The number of unbranched alkanes of at least 4 members (excludes halogenated alkanes) is 9. The molecule has 0 spiro atoms. The Morgan fingerprint density at radius 3 is 1.34 bits per heavy atom. The predicted octanol–water partition coefficient (Wildman–Crippen LogP) is 12.2. The first-order valence-corrected chi connectivity index (χ1v) is 18.8. The minimum Gasteiger partial charge on any atom is -0.457 e. The summed E-state index contributed by atoms with van der Waals surface area (Å²) >= 11 is 0. The van der Waals surface area contributed by atoms with Gasteiger partial charge in [0.25, 0.3) is 0 Å². The van der Waals surface area contributed by atoms with Crippen LogP contribution in [0.5, 0.6) is 0 Å². The molecule has 0 aliphatic rings. The third-order valence-electron chi connectivity index (χ3n) is 7.40. The fourth-order valence-electron chi connectivity index (χ4n) is 4.66. The lowest BCUT2D eigenvalue weighted by Crippen LogP contribution is -2.27. The largest absolute Gasteiger partial charge is 0.457 e. The molecule has 0 heterocycles. The first kappa shape index (κ1) is 44.3. The summed E-state index contributed by atoms with van der Waals surface area (Å²) in [5.74, 6) is -0.232. The average molecular weight is 651 g/mol. The van der Waals surface area contributed by atoms with E-state index >= 15 is 0 Å². The highest BCUT2D eigenvalue weighted by atomic mass is 16.6. The first-order chi connectivity index (χ1) is 23.2. The average Bonchev–Trinajstić information content (AvgIpc) is 3.08. The van der Waals surface area contributed by atoms with Gasteiger partial charge >= 0.3 is 5.97 Å². The summed E-state index contributed by atoms with van der Waals surface area (Å²) in [5, 5.41) is 9.57. The van der Waals surface area contributed by atoms with Crippen LogP contribution < -0.4 is 0 Å². The van der Waals surface area contributed by atoms with Crippen molar-refractivity contribution in [3.05, 3.63) is 97.2 Å². The number of hydrogen-bond donors (Lipinski definition) is 1. The maximum atomic E-state index is 12.2. The molecule has 0 saturated carbocycles. The molecule has 4 nitrogen and oxygen atoms in total. The fourth-order valence-corrected chi connectivity index (χ4v) is 4.66. The van der Waals surface area contributed by atoms with Gasteiger partial charge in [-0.1, -0.05) is 143 Å². The topological polar surface area (TPSA) is 55.8 Å². The molecule has 1 unspecified atom stereocenters. The second-order valence-electron chi connectivity index (χ2n) is 11.9. The number of aliphatic hydroxyl groups is 1. The van der Waals surface area contributed by atoms with Crippen molar-refractivity contribution >= 4 is 5.97 Å². The van der Waals surface area contributed by atoms with E-state index in [1.54, 1.807) is 0 Å². The summed E-state index contributed by atoms with van der Waals surface area (Å²) < 4.78 is 11.1. The zero-order valence-corrected chi connectivity index (χ0v) is 30.3. The second-order valence-corrected chi connectivity index (χ2v) is 11.9. The number of carbonyl (C=O) groups is 1. The summed E-state index contributed by atoms with van der Waals surface area (Å²) in [4.78, 5) is 12.2. The summed E-state index contributed by atoms with van der Waals surface area (Å²) in [6.45, 7) is 5.01. The van der Waals surface area contributed by atoms with Gasteiger partial charge in [-0.15, -0.1) is 0 Å². The van der Waals surface area contributed by atoms with Gasteiger partial charge in [0, 0.05) is 13.0 Å². The Kier molecular flexibility index (Phi) is 37.2. The van der Waals surface area contributed by atoms with Gasteiger partial charge in [0.2, 0.25) is 0 Å². The molecule has 0 aliphatic heterocycles. The standard InChI is InChI=1S/C43H70O4/c1-3-5-7-9-11-13-15-17-19-21-22-23-24-26-28-30-32-34-36-38-43(45)47-42(40-44)41-46-39-37-35-33-31-29-27-25-20-18-16-14-12-10-8-6-4-2/h5-8,11-14,17-20,22-23,27,29,42,44H,3-4,9-10,15-16,21,24-26,28,30-41H2,1-2H3/b7-5-,8-6-,13-11-,14-12-,19-17-,20-18-,23-22-,29-27-. The summed E-state index contributed by atoms with van der Waals surface area (Å²) in [6.07, 6.45) is 55.9. The molecule has 0 aliphatic carbocycles. The number of carbonyl (C=O) groups excluding carboxylic acids is 1. The summed E-state index contributed by atoms with van der Waals surface area (Å²) in [5.41, 5.74) is 0. The van der Waals surface area contributed by atoms with Crippen LogP contribution in [-0.2, 0) is 14.3 Å². The zero-order chi connectivity index (χ0) is 34.1. The van der Waals surface area contributed by atoms with Crippen molar-refractivity contribution in [3.8, 4) is 0 Å². The van der Waals surface area contributed by atoms with Gasteiger partial charge in [0.15, 0.2) is 0 Å². The Balaban J connectivity index is 3.59. The minimum atomic E-state index is -0.565. The molecule has 0 aromatic heterocycles. The molecule has 0 aromatic carbocycles. The van der Waals surface area contributed by atoms with Crippen molar-refractivity contribution in [1.29, 1.82) is 0 Å². The molecule has 4 heteroatoms. The van der Waals surface area contributed by atoms with Crippen LogP contribution in [0.15, 0.2) is 97.2 Å². The number of rotatable bonds is 33. The first-order valence-electron chi connectivity index (χ1n) is 18.8. The predicted molar refractivity (Wildman–Crippen MR) is 205 cm³/mol. The molecule has 0 fully saturated rings. The molecular formula is C43H70O4. The minimum absolute atomic E-state index is 0.198. The highest BCUT2D eigenvalue weighted by Gasteiger charge is 2.13. The van der Waals surface area contributed by atoms with E-state index in [1.807, 2.05) is 0 Å². The number of hydrogen-bond acceptors (Lipinski definition) is 4.